The zero-order chi connectivity index (χ0) is 42.4. The zero-order valence-corrected chi connectivity index (χ0v) is 33.4. The van der Waals surface area contributed by atoms with Crippen molar-refractivity contribution >= 4 is 44.6 Å². The fourth-order valence-electron chi connectivity index (χ4n) is 7.21. The number of nitrogens with one attached hydrogen (secondary N) is 3. The molecule has 6 rings (SSSR count). The number of fused-ring (bicyclic) bond motifs is 3. The normalized spacial score (nSPS) is 29.4. The van der Waals surface area contributed by atoms with Crippen LogP contribution in [0.15, 0.2) is 42.6 Å². The van der Waals surface area contributed by atoms with E-state index in [2.05, 4.69) is 15.6 Å². The molecule has 3 heterocycles. The van der Waals surface area contributed by atoms with Crippen molar-refractivity contribution in [2.45, 2.75) is 119 Å². The van der Waals surface area contributed by atoms with Crippen LogP contribution in [0.3, 0.4) is 0 Å². The topological polar surface area (TPSA) is 192 Å². The second kappa shape index (κ2) is 15.8. The molecule has 20 heteroatoms. The fourth-order valence-corrected chi connectivity index (χ4v) is 8.64. The van der Waals surface area contributed by atoms with Gasteiger partial charge in [-0.05, 0) is 89.5 Å². The van der Waals surface area contributed by atoms with Crippen molar-refractivity contribution in [3.8, 4) is 11.6 Å². The van der Waals surface area contributed by atoms with Gasteiger partial charge in [0.2, 0.25) is 33.3 Å². The number of pyridine rings is 1. The second-order valence-electron chi connectivity index (χ2n) is 15.9. The number of hydrogen-bond acceptors (Lipinski definition) is 11. The summed E-state index contributed by atoms with van der Waals surface area (Å²) in [6, 6.07) is 3.75. The number of benzene rings is 1. The van der Waals surface area contributed by atoms with Crippen molar-refractivity contribution in [3.63, 3.8) is 0 Å². The molecule has 3 fully saturated rings. The first-order valence-electron chi connectivity index (χ1n) is 18.9. The average Bonchev–Trinajstić information content (AvgIpc) is 4.05. The number of carbonyl (C=O) groups is 4. The number of ether oxygens (including phenoxy) is 4. The fraction of sp³-hybridized carbons (Fsp3) is 0.605. The van der Waals surface area contributed by atoms with Crippen LogP contribution in [0.4, 0.5) is 22.4 Å². The molecule has 1 saturated heterocycles. The summed E-state index contributed by atoms with van der Waals surface area (Å²) < 4.78 is 104. The smallest absolute Gasteiger partial charge is 0.427 e. The number of allylic oxidation sites excluding steroid dienone is 1. The van der Waals surface area contributed by atoms with Gasteiger partial charge < -0.3 is 34.5 Å². The van der Waals surface area contributed by atoms with Gasteiger partial charge in [-0.25, -0.2) is 22.6 Å². The van der Waals surface area contributed by atoms with Gasteiger partial charge in [0.25, 0.3) is 5.91 Å². The van der Waals surface area contributed by atoms with E-state index in [1.165, 1.54) is 20.2 Å². The summed E-state index contributed by atoms with van der Waals surface area (Å²) in [5, 5.41) is 6.19. The first kappa shape index (κ1) is 42.9. The molecule has 1 aromatic carbocycles. The van der Waals surface area contributed by atoms with Crippen molar-refractivity contribution in [2.75, 3.05) is 20.3 Å². The summed E-state index contributed by atoms with van der Waals surface area (Å²) in [5.41, 5.74) is -4.74. The Kier molecular flexibility index (Phi) is 11.7. The SMILES string of the molecule is COc1ccc2c(O[C@@H]3C[C@H]4C(=O)N[C@]5(C(=O)NS(=O)(=O)C6(CF)CC6)C[C@H]5/C=C\CC[C@H](C)O[C@@H](C)[C@H](NC(=O)OC(C)(C)C(F)(F)F)C(=O)N4C3)nccc2c1. The largest absolute Gasteiger partial charge is 0.497 e. The van der Waals surface area contributed by atoms with Crippen molar-refractivity contribution < 1.29 is 64.1 Å². The summed E-state index contributed by atoms with van der Waals surface area (Å²) in [4.78, 5) is 61.4. The molecule has 4 aliphatic rings. The quantitative estimate of drug-likeness (QED) is 0.245. The summed E-state index contributed by atoms with van der Waals surface area (Å²) >= 11 is 0. The second-order valence-corrected chi connectivity index (χ2v) is 18.0. The van der Waals surface area contributed by atoms with Crippen LogP contribution in [0.25, 0.3) is 10.8 Å². The molecular formula is C38H47F4N5O10S. The van der Waals surface area contributed by atoms with Gasteiger partial charge in [-0.1, -0.05) is 12.2 Å². The van der Waals surface area contributed by atoms with E-state index in [0.717, 1.165) is 4.90 Å². The lowest BCUT2D eigenvalue weighted by Gasteiger charge is -2.34. The van der Waals surface area contributed by atoms with Gasteiger partial charge in [0.05, 0.1) is 25.9 Å². The van der Waals surface area contributed by atoms with E-state index in [4.69, 9.17) is 18.9 Å². The minimum absolute atomic E-state index is 0.0166. The average molecular weight is 842 g/mol. The predicted molar refractivity (Wildman–Crippen MR) is 199 cm³/mol. The van der Waals surface area contributed by atoms with Crippen LogP contribution in [0.2, 0.25) is 0 Å². The van der Waals surface area contributed by atoms with Gasteiger partial charge in [0, 0.05) is 23.9 Å². The number of nitrogens with zero attached hydrogens (tertiary/aromatic N) is 2. The van der Waals surface area contributed by atoms with E-state index in [9.17, 15) is 45.2 Å². The Morgan fingerprint density at radius 2 is 1.86 bits per heavy atom. The lowest BCUT2D eigenvalue weighted by Crippen LogP contribution is -2.61. The zero-order valence-electron chi connectivity index (χ0n) is 32.6. The third kappa shape index (κ3) is 8.53. The molecule has 0 bridgehead atoms. The molecule has 0 spiro atoms. The number of halogens is 4. The van der Waals surface area contributed by atoms with E-state index in [-0.39, 0.29) is 38.1 Å². The Morgan fingerprint density at radius 1 is 1.14 bits per heavy atom. The molecule has 318 valence electrons. The van der Waals surface area contributed by atoms with Crippen molar-refractivity contribution in [3.05, 3.63) is 42.6 Å². The van der Waals surface area contributed by atoms with Crippen LogP contribution in [-0.4, -0.2) is 115 Å². The Bertz CT molecular complexity index is 2080. The van der Waals surface area contributed by atoms with Gasteiger partial charge >= 0.3 is 12.3 Å². The lowest BCUT2D eigenvalue weighted by atomic mass is 10.1. The van der Waals surface area contributed by atoms with Crippen LogP contribution in [0, 0.1) is 5.92 Å². The summed E-state index contributed by atoms with van der Waals surface area (Å²) in [7, 11) is -2.97. The molecule has 15 nitrogen and oxygen atoms in total. The number of aromatic nitrogens is 1. The number of methoxy groups -OCH3 is 1. The van der Waals surface area contributed by atoms with Gasteiger partial charge in [-0.15, -0.1) is 0 Å². The first-order chi connectivity index (χ1) is 27.2. The predicted octanol–water partition coefficient (Wildman–Crippen LogP) is 3.99. The lowest BCUT2D eigenvalue weighted by molar-refractivity contribution is -0.244. The van der Waals surface area contributed by atoms with Gasteiger partial charge in [-0.2, -0.15) is 13.2 Å². The highest BCUT2D eigenvalue weighted by molar-refractivity contribution is 7.91. The maximum Gasteiger partial charge on any atom is 0.427 e. The molecule has 2 aromatic rings. The first-order valence-corrected chi connectivity index (χ1v) is 20.4. The van der Waals surface area contributed by atoms with Gasteiger partial charge in [0.15, 0.2) is 0 Å². The van der Waals surface area contributed by atoms with Gasteiger partial charge in [0.1, 0.15) is 40.9 Å². The number of carbonyl (C=O) groups excluding carboxylic acids is 4. The van der Waals surface area contributed by atoms with E-state index >= 15 is 0 Å². The van der Waals surface area contributed by atoms with Crippen LogP contribution < -0.4 is 24.8 Å². The van der Waals surface area contributed by atoms with Gasteiger partial charge in [-0.3, -0.25) is 19.1 Å². The minimum atomic E-state index is -4.96. The molecule has 2 aliphatic heterocycles. The Balaban J connectivity index is 1.35. The molecule has 1 aromatic heterocycles. The third-order valence-electron chi connectivity index (χ3n) is 11.3. The van der Waals surface area contributed by atoms with Crippen LogP contribution in [-0.2, 0) is 33.9 Å². The van der Waals surface area contributed by atoms with Crippen LogP contribution in [0.1, 0.15) is 66.2 Å². The highest BCUT2D eigenvalue weighted by Gasteiger charge is 2.64. The standard InChI is InChI=1S/C38H47F4N5O10S/c1-21-8-6-7-9-24-18-37(24,33(50)46-58(52,53)36(20-39)13-14-36)45-30(48)28-17-26(56-31-27-11-10-25(54-5)16-23(27)12-15-43-31)19-47(28)32(49)29(22(2)55-21)44-34(51)57-35(3,4)38(40,41)42/h7,9-12,15-16,21-22,24,26,28-29H,6,8,13-14,17-20H2,1-5H3,(H,44,51)(H,45,48)(H,46,50)/b9-7-/t21-,22-,24+,26+,28-,29-,37+/m0/s1. The molecule has 4 amide bonds. The number of alkyl carbamates (subject to hydrolysis) is 1. The summed E-state index contributed by atoms with van der Waals surface area (Å²) in [6.07, 6.45) is -3.79. The van der Waals surface area contributed by atoms with E-state index in [1.807, 2.05) is 4.72 Å². The number of rotatable bonds is 9. The maximum absolute atomic E-state index is 14.6. The molecular weight excluding hydrogens is 795 g/mol. The van der Waals surface area contributed by atoms with Crippen LogP contribution in [0.5, 0.6) is 11.6 Å². The highest BCUT2D eigenvalue weighted by Crippen LogP contribution is 2.48. The number of hydrogen-bond donors (Lipinski definition) is 3. The molecule has 0 radical (unpaired) electrons. The number of amides is 4. The van der Waals surface area contributed by atoms with Crippen molar-refractivity contribution in [1.29, 1.82) is 0 Å². The molecule has 0 unspecified atom stereocenters. The highest BCUT2D eigenvalue weighted by atomic mass is 32.2. The van der Waals surface area contributed by atoms with Crippen LogP contribution >= 0.6 is 0 Å². The number of sulfonamides is 1. The van der Waals surface area contributed by atoms with Crippen molar-refractivity contribution in [1.82, 2.24) is 25.2 Å². The molecule has 2 saturated carbocycles. The summed E-state index contributed by atoms with van der Waals surface area (Å²) in [6.45, 7) is 2.91. The van der Waals surface area contributed by atoms with E-state index in [0.29, 0.717) is 43.2 Å². The minimum Gasteiger partial charge on any atom is -0.497 e. The Hall–Kier alpha value is -4.72. The van der Waals surface area contributed by atoms with E-state index < -0.39 is 98.9 Å². The maximum atomic E-state index is 14.6. The Labute approximate surface area is 332 Å². The molecule has 3 N–H and O–H groups in total. The molecule has 58 heavy (non-hydrogen) atoms. The Morgan fingerprint density at radius 3 is 2.52 bits per heavy atom. The van der Waals surface area contributed by atoms with Crippen molar-refractivity contribution in [2.24, 2.45) is 5.92 Å². The monoisotopic (exact) mass is 841 g/mol. The molecule has 7 atom stereocenters. The summed E-state index contributed by atoms with van der Waals surface area (Å²) in [5.74, 6) is -2.86. The number of alkyl halides is 4. The van der Waals surface area contributed by atoms with E-state index in [1.54, 1.807) is 43.3 Å². The molecule has 2 aliphatic carbocycles. The third-order valence-corrected chi connectivity index (χ3v) is 13.4.